The Labute approximate surface area is 311 Å². The van der Waals surface area contributed by atoms with Gasteiger partial charge in [0.1, 0.15) is 44.0 Å². The molecular formula is C37H39Cl2N9O4. The van der Waals surface area contributed by atoms with Crippen LogP contribution in [0.25, 0.3) is 5.69 Å². The molecule has 0 amide bonds. The minimum absolute atomic E-state index is 0.153. The van der Waals surface area contributed by atoms with Crippen LogP contribution in [0.4, 0.5) is 11.4 Å². The molecule has 2 aliphatic rings. The van der Waals surface area contributed by atoms with Crippen molar-refractivity contribution in [2.45, 2.75) is 50.7 Å². The molecule has 2 aliphatic heterocycles. The minimum atomic E-state index is -1.17. The second kappa shape index (κ2) is 16.2. The van der Waals surface area contributed by atoms with Crippen LogP contribution < -0.4 is 20.2 Å². The van der Waals surface area contributed by atoms with Crippen molar-refractivity contribution in [3.05, 3.63) is 112 Å². The zero-order chi connectivity index (χ0) is 35.9. The molecule has 2 fully saturated rings. The maximum absolute atomic E-state index is 12.9. The molecule has 2 atom stereocenters. The van der Waals surface area contributed by atoms with E-state index in [1.165, 1.54) is 11.0 Å². The number of nitriles is 1. The minimum Gasteiger partial charge on any atom is -0.491 e. The van der Waals surface area contributed by atoms with E-state index in [9.17, 15) is 4.79 Å². The number of halogens is 2. The van der Waals surface area contributed by atoms with Gasteiger partial charge in [0.2, 0.25) is 5.79 Å². The maximum Gasteiger partial charge on any atom is 0.350 e. The summed E-state index contributed by atoms with van der Waals surface area (Å²) in [4.78, 5) is 21.6. The molecule has 0 spiro atoms. The first-order valence-corrected chi connectivity index (χ1v) is 18.1. The molecule has 4 heterocycles. The van der Waals surface area contributed by atoms with Crippen molar-refractivity contribution in [3.8, 4) is 17.5 Å². The number of benzene rings is 3. The number of hydrogen-bond donors (Lipinski definition) is 0. The Morgan fingerprint density at radius 2 is 1.60 bits per heavy atom. The number of ether oxygens (including phenoxy) is 3. The topological polar surface area (TPSA) is 128 Å². The summed E-state index contributed by atoms with van der Waals surface area (Å²) in [6.45, 7) is 4.90. The van der Waals surface area contributed by atoms with E-state index in [1.807, 2.05) is 30.3 Å². The molecule has 15 heteroatoms. The van der Waals surface area contributed by atoms with Gasteiger partial charge in [-0.15, -0.1) is 0 Å². The van der Waals surface area contributed by atoms with Crippen LogP contribution >= 0.6 is 23.2 Å². The molecule has 5 aromatic rings. The quantitative estimate of drug-likeness (QED) is 0.131. The number of hydrogen-bond acceptors (Lipinski definition) is 10. The van der Waals surface area contributed by atoms with Gasteiger partial charge in [0.15, 0.2) is 0 Å². The largest absolute Gasteiger partial charge is 0.491 e. The molecule has 0 radical (unpaired) electrons. The Morgan fingerprint density at radius 1 is 0.885 bits per heavy atom. The first-order valence-electron chi connectivity index (χ1n) is 17.4. The molecule has 13 nitrogen and oxygen atoms in total. The normalized spacial score (nSPS) is 18.8. The van der Waals surface area contributed by atoms with Crippen molar-refractivity contribution in [2.24, 2.45) is 0 Å². The van der Waals surface area contributed by atoms with Crippen molar-refractivity contribution in [2.75, 3.05) is 49.2 Å². The molecule has 0 bridgehead atoms. The van der Waals surface area contributed by atoms with Gasteiger partial charge < -0.3 is 24.0 Å². The lowest BCUT2D eigenvalue weighted by atomic mass is 10.1. The standard InChI is InChI=1S/C37H39Cl2N9O4/c38-28-5-14-34(35(39)21-28)37(24-46-26-41-25-42-46)51-23-33(52-37)22-50-32-12-10-30(11-13-32)45-19-17-44(18-20-45)29-6-8-31(9-7-29)47-27-43-48(36(47)49)16-4-2-1-3-15-40/h5-14,21,25-27,33H,1-4,16-20,22-24H2/t33-,37-/m0/s1. The Bertz CT molecular complexity index is 2020. The van der Waals surface area contributed by atoms with Crippen molar-refractivity contribution >= 4 is 34.6 Å². The molecule has 7 rings (SSSR count). The third kappa shape index (κ3) is 8.11. The van der Waals surface area contributed by atoms with E-state index in [0.717, 1.165) is 68.3 Å². The van der Waals surface area contributed by atoms with E-state index < -0.39 is 5.79 Å². The maximum atomic E-state index is 12.9. The number of nitrogens with zero attached hydrogens (tertiary/aromatic N) is 9. The highest BCUT2D eigenvalue weighted by atomic mass is 35.5. The van der Waals surface area contributed by atoms with Gasteiger partial charge in [-0.25, -0.2) is 23.7 Å². The van der Waals surface area contributed by atoms with Gasteiger partial charge >= 0.3 is 5.69 Å². The molecular weight excluding hydrogens is 705 g/mol. The summed E-state index contributed by atoms with van der Waals surface area (Å²) in [7, 11) is 0. The number of anilines is 2. The zero-order valence-electron chi connectivity index (χ0n) is 28.6. The lowest BCUT2D eigenvalue weighted by molar-refractivity contribution is -0.190. The van der Waals surface area contributed by atoms with Crippen molar-refractivity contribution < 1.29 is 14.2 Å². The average molecular weight is 745 g/mol. The van der Waals surface area contributed by atoms with Crippen LogP contribution in [-0.2, 0) is 28.4 Å². The molecule has 3 aromatic carbocycles. The summed E-state index contributed by atoms with van der Waals surface area (Å²) in [5.41, 5.74) is 3.55. The highest BCUT2D eigenvalue weighted by Gasteiger charge is 2.45. The van der Waals surface area contributed by atoms with Gasteiger partial charge in [-0.2, -0.15) is 15.5 Å². The average Bonchev–Trinajstić information content (AvgIpc) is 3.92. The summed E-state index contributed by atoms with van der Waals surface area (Å²) in [5, 5.41) is 18.2. The van der Waals surface area contributed by atoms with E-state index in [-0.39, 0.29) is 18.3 Å². The zero-order valence-corrected chi connectivity index (χ0v) is 30.1. The fourth-order valence-corrected chi connectivity index (χ4v) is 7.13. The SMILES string of the molecule is N#CCCCCCn1ncn(-c2ccc(N3CCN(c4ccc(OC[C@H]5CO[C@](Cn6cncn6)(c6ccc(Cl)cc6Cl)O5)cc4)CC3)cc2)c1=O. The molecule has 270 valence electrons. The van der Waals surface area contributed by atoms with E-state index in [4.69, 9.17) is 42.7 Å². The second-order valence-corrected chi connectivity index (χ2v) is 13.6. The van der Waals surface area contributed by atoms with Gasteiger partial charge in [-0.3, -0.25) is 0 Å². The summed E-state index contributed by atoms with van der Waals surface area (Å²) in [6.07, 6.45) is 7.41. The number of unbranched alkanes of at least 4 members (excludes halogenated alkanes) is 3. The predicted molar refractivity (Wildman–Crippen MR) is 197 cm³/mol. The van der Waals surface area contributed by atoms with E-state index in [1.54, 1.807) is 34.0 Å². The Hall–Kier alpha value is -4.87. The first kappa shape index (κ1) is 35.5. The van der Waals surface area contributed by atoms with Gasteiger partial charge in [-0.05, 0) is 73.5 Å². The van der Waals surface area contributed by atoms with E-state index in [2.05, 4.69) is 55.3 Å². The van der Waals surface area contributed by atoms with Crippen molar-refractivity contribution in [1.82, 2.24) is 29.1 Å². The highest BCUT2D eigenvalue weighted by molar-refractivity contribution is 6.35. The molecule has 0 aliphatic carbocycles. The lowest BCUT2D eigenvalue weighted by Gasteiger charge is -2.37. The van der Waals surface area contributed by atoms with Crippen LogP contribution in [0.3, 0.4) is 0 Å². The van der Waals surface area contributed by atoms with E-state index >= 15 is 0 Å². The third-order valence-electron chi connectivity index (χ3n) is 9.34. The molecule has 0 saturated carbocycles. The third-order valence-corrected chi connectivity index (χ3v) is 9.89. The van der Waals surface area contributed by atoms with E-state index in [0.29, 0.717) is 41.8 Å². The van der Waals surface area contributed by atoms with Crippen molar-refractivity contribution in [3.63, 3.8) is 0 Å². The van der Waals surface area contributed by atoms with Crippen LogP contribution in [0.5, 0.6) is 5.75 Å². The highest BCUT2D eigenvalue weighted by Crippen LogP contribution is 2.40. The number of aryl methyl sites for hydroxylation is 1. The number of piperazine rings is 1. The van der Waals surface area contributed by atoms with Gasteiger partial charge in [-0.1, -0.05) is 35.7 Å². The summed E-state index contributed by atoms with van der Waals surface area (Å²) in [6, 6.07) is 23.6. The first-order chi connectivity index (χ1) is 25.4. The molecule has 0 N–H and O–H groups in total. The number of aromatic nitrogens is 6. The van der Waals surface area contributed by atoms with Crippen LogP contribution in [0.2, 0.25) is 10.0 Å². The molecule has 2 saturated heterocycles. The Kier molecular flexibility index (Phi) is 11.1. The van der Waals surface area contributed by atoms with Crippen LogP contribution in [0.1, 0.15) is 31.2 Å². The van der Waals surface area contributed by atoms with Crippen LogP contribution in [-0.4, -0.2) is 74.6 Å². The monoisotopic (exact) mass is 743 g/mol. The van der Waals surface area contributed by atoms with Crippen molar-refractivity contribution in [1.29, 1.82) is 5.26 Å². The fraction of sp³-hybridized carbons (Fsp3) is 0.378. The summed E-state index contributed by atoms with van der Waals surface area (Å²) >= 11 is 12.7. The Morgan fingerprint density at radius 3 is 2.27 bits per heavy atom. The van der Waals surface area contributed by atoms with Gasteiger partial charge in [0.05, 0.1) is 23.4 Å². The van der Waals surface area contributed by atoms with Crippen LogP contribution in [0, 0.1) is 11.3 Å². The van der Waals surface area contributed by atoms with Gasteiger partial charge in [0.25, 0.3) is 0 Å². The summed E-state index contributed by atoms with van der Waals surface area (Å²) in [5.74, 6) is -0.425. The lowest BCUT2D eigenvalue weighted by Crippen LogP contribution is -2.46. The summed E-state index contributed by atoms with van der Waals surface area (Å²) < 4.78 is 23.6. The smallest absolute Gasteiger partial charge is 0.350 e. The number of rotatable bonds is 14. The molecule has 2 aromatic heterocycles. The van der Waals surface area contributed by atoms with Gasteiger partial charge in [0, 0.05) is 61.1 Å². The predicted octanol–water partition coefficient (Wildman–Crippen LogP) is 5.69. The second-order valence-electron chi connectivity index (χ2n) is 12.8. The Balaban J connectivity index is 0.897. The molecule has 0 unspecified atom stereocenters. The fourth-order valence-electron chi connectivity index (χ4n) is 6.58. The van der Waals surface area contributed by atoms with Crippen LogP contribution in [0.15, 0.2) is 90.5 Å². The molecule has 52 heavy (non-hydrogen) atoms.